The van der Waals surface area contributed by atoms with Crippen molar-refractivity contribution in [2.75, 3.05) is 19.0 Å². The lowest BCUT2D eigenvalue weighted by Crippen LogP contribution is -2.15. The minimum Gasteiger partial charge on any atom is -0.492 e. The summed E-state index contributed by atoms with van der Waals surface area (Å²) in [6.45, 7) is 2.63. The van der Waals surface area contributed by atoms with Gasteiger partial charge in [-0.15, -0.1) is 0 Å². The summed E-state index contributed by atoms with van der Waals surface area (Å²) in [5.41, 5.74) is 1.15. The van der Waals surface area contributed by atoms with Crippen LogP contribution in [0.15, 0.2) is 46.9 Å². The third kappa shape index (κ3) is 4.35. The Balaban J connectivity index is 2.19. The van der Waals surface area contributed by atoms with Gasteiger partial charge in [0.15, 0.2) is 0 Å². The topological polar surface area (TPSA) is 64.6 Å². The maximum Gasteiger partial charge on any atom is 0.339 e. The van der Waals surface area contributed by atoms with Gasteiger partial charge in [-0.3, -0.25) is 4.79 Å². The monoisotopic (exact) mass is 391 g/mol. The summed E-state index contributed by atoms with van der Waals surface area (Å²) in [5, 5.41) is 2.73. The normalized spacial score (nSPS) is 10.1. The molecule has 1 amide bonds. The second-order valence-corrected chi connectivity index (χ2v) is 5.84. The van der Waals surface area contributed by atoms with E-state index in [4.69, 9.17) is 9.47 Å². The zero-order chi connectivity index (χ0) is 17.5. The van der Waals surface area contributed by atoms with Crippen LogP contribution in [0.3, 0.4) is 0 Å². The van der Waals surface area contributed by atoms with Crippen molar-refractivity contribution in [2.45, 2.75) is 13.3 Å². The van der Waals surface area contributed by atoms with E-state index in [1.807, 2.05) is 6.92 Å². The summed E-state index contributed by atoms with van der Waals surface area (Å²) in [7, 11) is 1.30. The molecule has 2 aromatic carbocycles. The molecule has 0 saturated carbocycles. The van der Waals surface area contributed by atoms with Gasteiger partial charge in [0.1, 0.15) is 5.75 Å². The maximum atomic E-state index is 12.4. The molecule has 0 aliphatic rings. The molecule has 6 heteroatoms. The van der Waals surface area contributed by atoms with E-state index in [1.165, 1.54) is 7.11 Å². The zero-order valence-corrected chi connectivity index (χ0v) is 15.1. The Kier molecular flexibility index (Phi) is 6.37. The van der Waals surface area contributed by atoms with Gasteiger partial charge in [-0.25, -0.2) is 4.79 Å². The molecule has 0 bridgehead atoms. The quantitative estimate of drug-likeness (QED) is 0.746. The number of hydrogen-bond acceptors (Lipinski definition) is 4. The highest BCUT2D eigenvalue weighted by molar-refractivity contribution is 9.10. The van der Waals surface area contributed by atoms with Crippen LogP contribution in [0.25, 0.3) is 0 Å². The average molecular weight is 392 g/mol. The number of anilines is 1. The molecule has 5 nitrogen and oxygen atoms in total. The predicted molar refractivity (Wildman–Crippen MR) is 95.7 cm³/mol. The number of carbonyl (C=O) groups excluding carboxylic acids is 2. The molecule has 126 valence electrons. The lowest BCUT2D eigenvalue weighted by Gasteiger charge is -2.11. The predicted octanol–water partition coefficient (Wildman–Crippen LogP) is 4.28. The molecule has 0 aromatic heterocycles. The van der Waals surface area contributed by atoms with Gasteiger partial charge in [0.2, 0.25) is 0 Å². The Bertz CT molecular complexity index is 746. The molecule has 0 heterocycles. The van der Waals surface area contributed by atoms with Crippen molar-refractivity contribution in [3.63, 3.8) is 0 Å². The number of methoxy groups -OCH3 is 1. The molecule has 0 aliphatic heterocycles. The second kappa shape index (κ2) is 8.49. The molecule has 2 aromatic rings. The van der Waals surface area contributed by atoms with Crippen molar-refractivity contribution in [1.82, 2.24) is 0 Å². The van der Waals surface area contributed by atoms with Crippen LogP contribution in [0.1, 0.15) is 34.1 Å². The smallest absolute Gasteiger partial charge is 0.339 e. The average Bonchev–Trinajstić information content (AvgIpc) is 2.60. The number of rotatable bonds is 6. The standard InChI is InChI=1S/C18H18BrNO4/c1-3-10-24-16-9-8-12(11-14(16)19)17(21)20-15-7-5-4-6-13(15)18(22)23-2/h4-9,11H,3,10H2,1-2H3,(H,20,21). The van der Waals surface area contributed by atoms with Gasteiger partial charge in [0, 0.05) is 5.56 Å². The van der Waals surface area contributed by atoms with Gasteiger partial charge in [-0.05, 0) is 52.7 Å². The molecule has 2 rings (SSSR count). The lowest BCUT2D eigenvalue weighted by atomic mass is 10.1. The molecule has 0 fully saturated rings. The van der Waals surface area contributed by atoms with Crippen molar-refractivity contribution in [3.05, 3.63) is 58.1 Å². The number of para-hydroxylation sites is 1. The SMILES string of the molecule is CCCOc1ccc(C(=O)Nc2ccccc2C(=O)OC)cc1Br. The molecule has 0 saturated heterocycles. The van der Waals surface area contributed by atoms with Crippen molar-refractivity contribution >= 4 is 33.5 Å². The fourth-order valence-electron chi connectivity index (χ4n) is 2.05. The fourth-order valence-corrected chi connectivity index (χ4v) is 2.54. The minimum atomic E-state index is -0.504. The number of nitrogens with one attached hydrogen (secondary N) is 1. The first-order valence-corrected chi connectivity index (χ1v) is 8.27. The lowest BCUT2D eigenvalue weighted by molar-refractivity contribution is 0.0602. The summed E-state index contributed by atoms with van der Waals surface area (Å²) in [6.07, 6.45) is 0.902. The summed E-state index contributed by atoms with van der Waals surface area (Å²) < 4.78 is 11.0. The van der Waals surface area contributed by atoms with Crippen LogP contribution in [0.4, 0.5) is 5.69 Å². The van der Waals surface area contributed by atoms with Crippen LogP contribution in [-0.2, 0) is 4.74 Å². The maximum absolute atomic E-state index is 12.4. The van der Waals surface area contributed by atoms with E-state index >= 15 is 0 Å². The van der Waals surface area contributed by atoms with Gasteiger partial charge >= 0.3 is 5.97 Å². The van der Waals surface area contributed by atoms with Crippen LogP contribution >= 0.6 is 15.9 Å². The third-order valence-electron chi connectivity index (χ3n) is 3.24. The van der Waals surface area contributed by atoms with E-state index in [0.717, 1.165) is 6.42 Å². The highest BCUT2D eigenvalue weighted by atomic mass is 79.9. The van der Waals surface area contributed by atoms with Crippen molar-refractivity contribution in [2.24, 2.45) is 0 Å². The first kappa shape index (κ1) is 18.0. The van der Waals surface area contributed by atoms with E-state index < -0.39 is 5.97 Å². The summed E-state index contributed by atoms with van der Waals surface area (Å²) in [6, 6.07) is 11.8. The summed E-state index contributed by atoms with van der Waals surface area (Å²) >= 11 is 3.40. The van der Waals surface area contributed by atoms with Crippen LogP contribution in [0.2, 0.25) is 0 Å². The Morgan fingerprint density at radius 2 is 1.92 bits per heavy atom. The number of esters is 1. The number of carbonyl (C=O) groups is 2. The van der Waals surface area contributed by atoms with E-state index in [1.54, 1.807) is 42.5 Å². The van der Waals surface area contributed by atoms with Crippen LogP contribution in [-0.4, -0.2) is 25.6 Å². The molecule has 0 unspecified atom stereocenters. The van der Waals surface area contributed by atoms with E-state index in [0.29, 0.717) is 33.6 Å². The number of hydrogen-bond donors (Lipinski definition) is 1. The highest BCUT2D eigenvalue weighted by Crippen LogP contribution is 2.27. The minimum absolute atomic E-state index is 0.301. The largest absolute Gasteiger partial charge is 0.492 e. The van der Waals surface area contributed by atoms with Crippen molar-refractivity contribution in [3.8, 4) is 5.75 Å². The van der Waals surface area contributed by atoms with Gasteiger partial charge in [-0.2, -0.15) is 0 Å². The molecule has 1 N–H and O–H groups in total. The number of ether oxygens (including phenoxy) is 2. The molecule has 0 aliphatic carbocycles. The van der Waals surface area contributed by atoms with Crippen LogP contribution < -0.4 is 10.1 Å². The third-order valence-corrected chi connectivity index (χ3v) is 3.86. The van der Waals surface area contributed by atoms with Gasteiger partial charge in [0.25, 0.3) is 5.91 Å². The zero-order valence-electron chi connectivity index (χ0n) is 13.5. The van der Waals surface area contributed by atoms with Crippen molar-refractivity contribution < 1.29 is 19.1 Å². The molecule has 24 heavy (non-hydrogen) atoms. The first-order valence-electron chi connectivity index (χ1n) is 7.47. The van der Waals surface area contributed by atoms with Crippen LogP contribution in [0.5, 0.6) is 5.75 Å². The molecular formula is C18H18BrNO4. The van der Waals surface area contributed by atoms with Gasteiger partial charge in [0.05, 0.1) is 29.4 Å². The van der Waals surface area contributed by atoms with Crippen molar-refractivity contribution in [1.29, 1.82) is 0 Å². The summed E-state index contributed by atoms with van der Waals surface area (Å²) in [4.78, 5) is 24.2. The van der Waals surface area contributed by atoms with Gasteiger partial charge in [-0.1, -0.05) is 19.1 Å². The Morgan fingerprint density at radius 3 is 2.58 bits per heavy atom. The Hall–Kier alpha value is -2.34. The Morgan fingerprint density at radius 1 is 1.17 bits per heavy atom. The Labute approximate surface area is 149 Å². The first-order chi connectivity index (χ1) is 11.6. The van der Waals surface area contributed by atoms with E-state index in [-0.39, 0.29) is 5.91 Å². The number of benzene rings is 2. The molecule has 0 spiro atoms. The number of halogens is 1. The second-order valence-electron chi connectivity index (χ2n) is 4.98. The van der Waals surface area contributed by atoms with Crippen LogP contribution in [0, 0.1) is 0 Å². The molecule has 0 atom stereocenters. The van der Waals surface area contributed by atoms with E-state index in [9.17, 15) is 9.59 Å². The van der Waals surface area contributed by atoms with Gasteiger partial charge < -0.3 is 14.8 Å². The van der Waals surface area contributed by atoms with E-state index in [2.05, 4.69) is 21.2 Å². The molecular weight excluding hydrogens is 374 g/mol. The number of amides is 1. The fraction of sp³-hybridized carbons (Fsp3) is 0.222. The summed E-state index contributed by atoms with van der Waals surface area (Å²) in [5.74, 6) is -0.146. The molecule has 0 radical (unpaired) electrons. The highest BCUT2D eigenvalue weighted by Gasteiger charge is 2.15.